The van der Waals surface area contributed by atoms with Crippen LogP contribution in [0.4, 0.5) is 5.69 Å². The van der Waals surface area contributed by atoms with E-state index in [0.717, 1.165) is 0 Å². The van der Waals surface area contributed by atoms with Crippen molar-refractivity contribution in [3.05, 3.63) is 46.5 Å². The lowest BCUT2D eigenvalue weighted by molar-refractivity contribution is -0.385. The number of hydrogen-bond acceptors (Lipinski definition) is 4. The van der Waals surface area contributed by atoms with E-state index in [0.29, 0.717) is 13.0 Å². The van der Waals surface area contributed by atoms with Crippen molar-refractivity contribution in [3.63, 3.8) is 0 Å². The van der Waals surface area contributed by atoms with Crippen LogP contribution in [0.25, 0.3) is 0 Å². The van der Waals surface area contributed by atoms with Gasteiger partial charge in [0.15, 0.2) is 5.75 Å². The highest BCUT2D eigenvalue weighted by Crippen LogP contribution is 2.27. The molecule has 0 unspecified atom stereocenters. The number of nitrogens with one attached hydrogen (secondary N) is 1. The number of nitro groups is 1. The van der Waals surface area contributed by atoms with Gasteiger partial charge in [-0.15, -0.1) is 6.58 Å². The van der Waals surface area contributed by atoms with Crippen LogP contribution in [0, 0.1) is 10.1 Å². The molecule has 0 saturated carbocycles. The summed E-state index contributed by atoms with van der Waals surface area (Å²) < 4.78 is 4.85. The summed E-state index contributed by atoms with van der Waals surface area (Å²) in [7, 11) is 1.34. The van der Waals surface area contributed by atoms with Crippen LogP contribution in [0.3, 0.4) is 0 Å². The Labute approximate surface area is 104 Å². The summed E-state index contributed by atoms with van der Waals surface area (Å²) in [6.45, 7) is 3.98. The van der Waals surface area contributed by atoms with Crippen molar-refractivity contribution in [1.29, 1.82) is 0 Å². The van der Waals surface area contributed by atoms with Crippen LogP contribution < -0.4 is 10.1 Å². The van der Waals surface area contributed by atoms with Gasteiger partial charge in [-0.05, 0) is 18.6 Å². The van der Waals surface area contributed by atoms with Crippen molar-refractivity contribution in [1.82, 2.24) is 5.32 Å². The Bertz CT molecular complexity index is 471. The minimum atomic E-state index is -0.584. The normalized spacial score (nSPS) is 9.61. The molecule has 0 heterocycles. The predicted molar refractivity (Wildman–Crippen MR) is 66.8 cm³/mol. The SMILES string of the molecule is C=CCCNC(=O)c1ccc(OC)c([N+](=O)[O-])c1. The van der Waals surface area contributed by atoms with Gasteiger partial charge in [0.25, 0.3) is 5.91 Å². The molecule has 0 atom stereocenters. The topological polar surface area (TPSA) is 81.5 Å². The third-order valence-corrected chi connectivity index (χ3v) is 2.27. The average molecular weight is 250 g/mol. The Kier molecular flexibility index (Phi) is 4.86. The lowest BCUT2D eigenvalue weighted by atomic mass is 10.1. The van der Waals surface area contributed by atoms with E-state index in [1.165, 1.54) is 25.3 Å². The number of ether oxygens (including phenoxy) is 1. The van der Waals surface area contributed by atoms with Crippen molar-refractivity contribution in [2.45, 2.75) is 6.42 Å². The maximum Gasteiger partial charge on any atom is 0.311 e. The quantitative estimate of drug-likeness (QED) is 0.362. The van der Waals surface area contributed by atoms with E-state index in [1.54, 1.807) is 6.08 Å². The van der Waals surface area contributed by atoms with Gasteiger partial charge < -0.3 is 10.1 Å². The molecule has 1 rings (SSSR count). The van der Waals surface area contributed by atoms with Gasteiger partial charge >= 0.3 is 5.69 Å². The molecule has 0 fully saturated rings. The Morgan fingerprint density at radius 1 is 1.61 bits per heavy atom. The first-order valence-electron chi connectivity index (χ1n) is 5.31. The van der Waals surface area contributed by atoms with E-state index in [2.05, 4.69) is 11.9 Å². The van der Waals surface area contributed by atoms with E-state index in [4.69, 9.17) is 4.74 Å². The van der Waals surface area contributed by atoms with Gasteiger partial charge in [0.1, 0.15) is 0 Å². The lowest BCUT2D eigenvalue weighted by Crippen LogP contribution is -2.24. The molecule has 96 valence electrons. The number of hydrogen-bond donors (Lipinski definition) is 1. The highest BCUT2D eigenvalue weighted by molar-refractivity contribution is 5.95. The number of carbonyl (C=O) groups excluding carboxylic acids is 1. The number of benzene rings is 1. The maximum absolute atomic E-state index is 11.7. The highest BCUT2D eigenvalue weighted by Gasteiger charge is 2.17. The first-order valence-corrected chi connectivity index (χ1v) is 5.31. The fourth-order valence-electron chi connectivity index (χ4n) is 1.36. The molecule has 0 bridgehead atoms. The van der Waals surface area contributed by atoms with Crippen LogP contribution in [0.1, 0.15) is 16.8 Å². The molecule has 0 aliphatic heterocycles. The van der Waals surface area contributed by atoms with Crippen molar-refractivity contribution in [2.24, 2.45) is 0 Å². The van der Waals surface area contributed by atoms with Gasteiger partial charge in [-0.2, -0.15) is 0 Å². The van der Waals surface area contributed by atoms with E-state index in [-0.39, 0.29) is 22.9 Å². The van der Waals surface area contributed by atoms with E-state index >= 15 is 0 Å². The molecule has 0 aromatic heterocycles. The van der Waals surface area contributed by atoms with Crippen molar-refractivity contribution >= 4 is 11.6 Å². The minimum absolute atomic E-state index is 0.127. The molecule has 18 heavy (non-hydrogen) atoms. The van der Waals surface area contributed by atoms with Gasteiger partial charge in [-0.1, -0.05) is 6.08 Å². The summed E-state index contributed by atoms with van der Waals surface area (Å²) in [5.41, 5.74) is 0.000401. The lowest BCUT2D eigenvalue weighted by Gasteiger charge is -2.05. The number of methoxy groups -OCH3 is 1. The number of carbonyl (C=O) groups is 1. The molecule has 0 aliphatic carbocycles. The highest BCUT2D eigenvalue weighted by atomic mass is 16.6. The van der Waals surface area contributed by atoms with Crippen LogP contribution in [0.15, 0.2) is 30.9 Å². The van der Waals surface area contributed by atoms with Gasteiger partial charge in [0.2, 0.25) is 0 Å². The van der Waals surface area contributed by atoms with Crippen LogP contribution in [0.5, 0.6) is 5.75 Å². The smallest absolute Gasteiger partial charge is 0.311 e. The summed E-state index contributed by atoms with van der Waals surface area (Å²) in [5, 5.41) is 13.4. The summed E-state index contributed by atoms with van der Waals surface area (Å²) in [6.07, 6.45) is 2.32. The Balaban J connectivity index is 2.90. The van der Waals surface area contributed by atoms with Gasteiger partial charge in [0.05, 0.1) is 12.0 Å². The summed E-state index contributed by atoms with van der Waals surface area (Å²) >= 11 is 0. The van der Waals surface area contributed by atoms with Crippen molar-refractivity contribution < 1.29 is 14.5 Å². The van der Waals surface area contributed by atoms with E-state index in [9.17, 15) is 14.9 Å². The monoisotopic (exact) mass is 250 g/mol. The first-order chi connectivity index (χ1) is 8.60. The Hall–Kier alpha value is -2.37. The standard InChI is InChI=1S/C12H14N2O4/c1-3-4-7-13-12(15)9-5-6-11(18-2)10(8-9)14(16)17/h3,5-6,8H,1,4,7H2,2H3,(H,13,15). The number of amides is 1. The predicted octanol–water partition coefficient (Wildman–Crippen LogP) is 1.91. The fourth-order valence-corrected chi connectivity index (χ4v) is 1.36. The largest absolute Gasteiger partial charge is 0.490 e. The molecule has 1 aromatic rings. The molecule has 0 saturated heterocycles. The van der Waals surface area contributed by atoms with E-state index in [1.807, 2.05) is 0 Å². The average Bonchev–Trinajstić information content (AvgIpc) is 2.38. The summed E-state index contributed by atoms with van der Waals surface area (Å²) in [6, 6.07) is 4.08. The second-order valence-corrected chi connectivity index (χ2v) is 3.48. The van der Waals surface area contributed by atoms with Crippen molar-refractivity contribution in [2.75, 3.05) is 13.7 Å². The minimum Gasteiger partial charge on any atom is -0.490 e. The van der Waals surface area contributed by atoms with Gasteiger partial charge in [0, 0.05) is 18.2 Å². The first kappa shape index (κ1) is 13.7. The number of nitro benzene ring substituents is 1. The zero-order chi connectivity index (χ0) is 13.5. The fraction of sp³-hybridized carbons (Fsp3) is 0.250. The molecular weight excluding hydrogens is 236 g/mol. The zero-order valence-electron chi connectivity index (χ0n) is 10.0. The van der Waals surface area contributed by atoms with Crippen LogP contribution in [-0.4, -0.2) is 24.5 Å². The summed E-state index contributed by atoms with van der Waals surface area (Å²) in [5.74, 6) is -0.231. The Morgan fingerprint density at radius 3 is 2.89 bits per heavy atom. The van der Waals surface area contributed by atoms with Gasteiger partial charge in [-0.25, -0.2) is 0 Å². The zero-order valence-corrected chi connectivity index (χ0v) is 10.0. The van der Waals surface area contributed by atoms with Crippen LogP contribution >= 0.6 is 0 Å². The second-order valence-electron chi connectivity index (χ2n) is 3.48. The van der Waals surface area contributed by atoms with Gasteiger partial charge in [-0.3, -0.25) is 14.9 Å². The maximum atomic E-state index is 11.7. The molecule has 0 aliphatic rings. The summed E-state index contributed by atoms with van der Waals surface area (Å²) in [4.78, 5) is 21.9. The molecular formula is C12H14N2O4. The number of rotatable bonds is 6. The molecule has 6 heteroatoms. The molecule has 0 spiro atoms. The molecule has 0 radical (unpaired) electrons. The third-order valence-electron chi connectivity index (χ3n) is 2.27. The number of nitrogens with zero attached hydrogens (tertiary/aromatic N) is 1. The molecule has 1 N–H and O–H groups in total. The van der Waals surface area contributed by atoms with Crippen LogP contribution in [0.2, 0.25) is 0 Å². The second kappa shape index (κ2) is 6.39. The molecule has 6 nitrogen and oxygen atoms in total. The van der Waals surface area contributed by atoms with E-state index < -0.39 is 4.92 Å². The van der Waals surface area contributed by atoms with Crippen LogP contribution in [-0.2, 0) is 0 Å². The Morgan fingerprint density at radius 2 is 2.33 bits per heavy atom. The van der Waals surface area contributed by atoms with Crippen molar-refractivity contribution in [3.8, 4) is 5.75 Å². The molecule has 1 amide bonds. The molecule has 1 aromatic carbocycles. The third kappa shape index (κ3) is 3.31.